The Labute approximate surface area is 71.2 Å². The van der Waals surface area contributed by atoms with Gasteiger partial charge in [0, 0.05) is 19.6 Å². The molecule has 1 aromatic rings. The highest BCUT2D eigenvalue weighted by Gasteiger charge is 2.19. The van der Waals surface area contributed by atoms with Gasteiger partial charge >= 0.3 is 0 Å². The van der Waals surface area contributed by atoms with Crippen molar-refractivity contribution in [3.63, 3.8) is 0 Å². The van der Waals surface area contributed by atoms with Crippen molar-refractivity contribution in [1.82, 2.24) is 14.8 Å². The predicted octanol–water partition coefficient (Wildman–Crippen LogP) is 0.141. The highest BCUT2D eigenvalue weighted by atomic mass is 16.3. The molecule has 4 heteroatoms. The molecule has 1 N–H and O–H groups in total. The van der Waals surface area contributed by atoms with Crippen LogP contribution in [0.5, 0.6) is 0 Å². The molecule has 66 valence electrons. The lowest BCUT2D eigenvalue weighted by Gasteiger charge is -2.19. The average Bonchev–Trinajstić information content (AvgIpc) is 2.43. The van der Waals surface area contributed by atoms with Gasteiger partial charge in [-0.1, -0.05) is 0 Å². The fraction of sp³-hybridized carbons (Fsp3) is 0.750. The van der Waals surface area contributed by atoms with E-state index in [9.17, 15) is 0 Å². The topological polar surface area (TPSA) is 50.9 Å². The third-order valence-electron chi connectivity index (χ3n) is 2.33. The Morgan fingerprint density at radius 3 is 3.25 bits per heavy atom. The fourth-order valence-corrected chi connectivity index (χ4v) is 1.65. The molecule has 12 heavy (non-hydrogen) atoms. The van der Waals surface area contributed by atoms with E-state index in [1.54, 1.807) is 0 Å². The maximum absolute atomic E-state index is 8.97. The van der Waals surface area contributed by atoms with E-state index in [4.69, 9.17) is 5.11 Å². The molecule has 0 spiro atoms. The normalized spacial score (nSPS) is 22.3. The number of hydrogen-bond acceptors (Lipinski definition) is 3. The van der Waals surface area contributed by atoms with Crippen LogP contribution in [0.2, 0.25) is 0 Å². The number of nitrogens with zero attached hydrogens (tertiary/aromatic N) is 3. The minimum absolute atomic E-state index is 0.270. The summed E-state index contributed by atoms with van der Waals surface area (Å²) in [5.41, 5.74) is 0. The summed E-state index contributed by atoms with van der Waals surface area (Å²) in [6, 6.07) is 0. The number of hydrogen-bond donors (Lipinski definition) is 1. The Hall–Kier alpha value is -0.900. The van der Waals surface area contributed by atoms with Crippen molar-refractivity contribution in [2.24, 2.45) is 5.92 Å². The standard InChI is InChI=1S/C8H13N3O/c1-6-9-8-4-7(5-12)2-3-11(8)10-6/h7,12H,2-5H2,1H3. The van der Waals surface area contributed by atoms with E-state index >= 15 is 0 Å². The highest BCUT2D eigenvalue weighted by molar-refractivity contribution is 4.95. The van der Waals surface area contributed by atoms with E-state index in [2.05, 4.69) is 10.1 Å². The second-order valence-corrected chi connectivity index (χ2v) is 3.34. The molecule has 2 heterocycles. The number of rotatable bonds is 1. The summed E-state index contributed by atoms with van der Waals surface area (Å²) >= 11 is 0. The third-order valence-corrected chi connectivity index (χ3v) is 2.33. The van der Waals surface area contributed by atoms with Crippen molar-refractivity contribution in [3.05, 3.63) is 11.6 Å². The van der Waals surface area contributed by atoms with Crippen molar-refractivity contribution < 1.29 is 5.11 Å². The van der Waals surface area contributed by atoms with Crippen molar-refractivity contribution in [2.45, 2.75) is 26.3 Å². The first-order valence-electron chi connectivity index (χ1n) is 4.31. The molecule has 0 radical (unpaired) electrons. The molecule has 1 aliphatic rings. The van der Waals surface area contributed by atoms with E-state index in [1.807, 2.05) is 11.6 Å². The lowest BCUT2D eigenvalue weighted by atomic mass is 9.99. The summed E-state index contributed by atoms with van der Waals surface area (Å²) in [6.07, 6.45) is 1.89. The Balaban J connectivity index is 2.22. The SMILES string of the molecule is Cc1nc2n(n1)CCC(CO)C2. The average molecular weight is 167 g/mol. The quantitative estimate of drug-likeness (QED) is 0.647. The molecule has 0 bridgehead atoms. The molecule has 4 nitrogen and oxygen atoms in total. The van der Waals surface area contributed by atoms with E-state index < -0.39 is 0 Å². The molecular weight excluding hydrogens is 154 g/mol. The Kier molecular flexibility index (Phi) is 1.84. The summed E-state index contributed by atoms with van der Waals surface area (Å²) in [5, 5.41) is 13.2. The van der Waals surface area contributed by atoms with Crippen LogP contribution in [0.4, 0.5) is 0 Å². The molecule has 1 unspecified atom stereocenters. The molecule has 0 aromatic carbocycles. The van der Waals surface area contributed by atoms with Crippen LogP contribution >= 0.6 is 0 Å². The van der Waals surface area contributed by atoms with E-state index in [-0.39, 0.29) is 6.61 Å². The van der Waals surface area contributed by atoms with Gasteiger partial charge in [0.05, 0.1) is 0 Å². The number of fused-ring (bicyclic) bond motifs is 1. The maximum Gasteiger partial charge on any atom is 0.147 e. The van der Waals surface area contributed by atoms with Crippen LogP contribution < -0.4 is 0 Å². The summed E-state index contributed by atoms with van der Waals surface area (Å²) in [4.78, 5) is 4.29. The largest absolute Gasteiger partial charge is 0.396 e. The zero-order valence-electron chi connectivity index (χ0n) is 7.19. The van der Waals surface area contributed by atoms with Crippen LogP contribution in [0.25, 0.3) is 0 Å². The fourth-order valence-electron chi connectivity index (χ4n) is 1.65. The van der Waals surface area contributed by atoms with E-state index in [1.165, 1.54) is 0 Å². The summed E-state index contributed by atoms with van der Waals surface area (Å²) in [7, 11) is 0. The van der Waals surface area contributed by atoms with Gasteiger partial charge in [-0.2, -0.15) is 5.10 Å². The monoisotopic (exact) mass is 167 g/mol. The van der Waals surface area contributed by atoms with E-state index in [0.717, 1.165) is 31.0 Å². The first-order valence-corrected chi connectivity index (χ1v) is 4.31. The van der Waals surface area contributed by atoms with Crippen LogP contribution in [0.3, 0.4) is 0 Å². The first-order chi connectivity index (χ1) is 5.79. The number of aromatic nitrogens is 3. The molecule has 0 saturated carbocycles. The van der Waals surface area contributed by atoms with Gasteiger partial charge in [-0.05, 0) is 19.3 Å². The molecule has 0 saturated heterocycles. The van der Waals surface area contributed by atoms with Crippen LogP contribution in [0.1, 0.15) is 18.1 Å². The van der Waals surface area contributed by atoms with Crippen LogP contribution in [0.15, 0.2) is 0 Å². The molecule has 0 fully saturated rings. The summed E-state index contributed by atoms with van der Waals surface area (Å²) in [6.45, 7) is 3.08. The Morgan fingerprint density at radius 2 is 2.50 bits per heavy atom. The second-order valence-electron chi connectivity index (χ2n) is 3.34. The first kappa shape index (κ1) is 7.73. The minimum atomic E-state index is 0.270. The number of aryl methyl sites for hydroxylation is 2. The minimum Gasteiger partial charge on any atom is -0.396 e. The second kappa shape index (κ2) is 2.86. The van der Waals surface area contributed by atoms with Gasteiger partial charge in [0.1, 0.15) is 11.6 Å². The number of aliphatic hydroxyl groups excluding tert-OH is 1. The highest BCUT2D eigenvalue weighted by Crippen LogP contribution is 2.17. The lowest BCUT2D eigenvalue weighted by molar-refractivity contribution is 0.196. The van der Waals surface area contributed by atoms with Gasteiger partial charge in [0.15, 0.2) is 0 Å². The van der Waals surface area contributed by atoms with Gasteiger partial charge in [0.25, 0.3) is 0 Å². The Bertz CT molecular complexity index is 282. The predicted molar refractivity (Wildman–Crippen MR) is 43.7 cm³/mol. The third kappa shape index (κ3) is 1.22. The summed E-state index contributed by atoms with van der Waals surface area (Å²) < 4.78 is 1.95. The van der Waals surface area contributed by atoms with Crippen molar-refractivity contribution in [3.8, 4) is 0 Å². The Morgan fingerprint density at radius 1 is 1.67 bits per heavy atom. The molecule has 1 aliphatic heterocycles. The maximum atomic E-state index is 8.97. The molecule has 0 amide bonds. The number of aliphatic hydroxyl groups is 1. The molecule has 2 rings (SSSR count). The molecular formula is C8H13N3O. The van der Waals surface area contributed by atoms with Gasteiger partial charge in [-0.25, -0.2) is 9.67 Å². The summed E-state index contributed by atoms with van der Waals surface area (Å²) in [5.74, 6) is 2.25. The smallest absolute Gasteiger partial charge is 0.147 e. The van der Waals surface area contributed by atoms with Crippen molar-refractivity contribution >= 4 is 0 Å². The van der Waals surface area contributed by atoms with Crippen LogP contribution in [0, 0.1) is 12.8 Å². The van der Waals surface area contributed by atoms with Crippen molar-refractivity contribution in [1.29, 1.82) is 0 Å². The molecule has 0 aliphatic carbocycles. The van der Waals surface area contributed by atoms with Gasteiger partial charge in [-0.15, -0.1) is 0 Å². The lowest BCUT2D eigenvalue weighted by Crippen LogP contribution is -2.22. The zero-order chi connectivity index (χ0) is 8.55. The molecule has 1 aromatic heterocycles. The van der Waals surface area contributed by atoms with Crippen molar-refractivity contribution in [2.75, 3.05) is 6.61 Å². The molecule has 1 atom stereocenters. The van der Waals surface area contributed by atoms with Gasteiger partial charge < -0.3 is 5.11 Å². The van der Waals surface area contributed by atoms with Gasteiger partial charge in [0.2, 0.25) is 0 Å². The van der Waals surface area contributed by atoms with Crippen LogP contribution in [-0.2, 0) is 13.0 Å². The zero-order valence-corrected chi connectivity index (χ0v) is 7.19. The van der Waals surface area contributed by atoms with E-state index in [0.29, 0.717) is 5.92 Å². The van der Waals surface area contributed by atoms with Gasteiger partial charge in [-0.3, -0.25) is 0 Å². The van der Waals surface area contributed by atoms with Crippen LogP contribution in [-0.4, -0.2) is 26.5 Å².